The second kappa shape index (κ2) is 5.87. The average molecular weight is 341 g/mol. The normalized spacial score (nSPS) is 33.9. The highest BCUT2D eigenvalue weighted by Crippen LogP contribution is 2.61. The van der Waals surface area contributed by atoms with Gasteiger partial charge < -0.3 is 4.42 Å². The van der Waals surface area contributed by atoms with Crippen LogP contribution in [0.4, 0.5) is 0 Å². The Morgan fingerprint density at radius 3 is 2.33 bits per heavy atom. The first-order chi connectivity index (χ1) is 11.8. The second-order valence-corrected chi connectivity index (χ2v) is 9.17. The number of rotatable bonds is 5. The zero-order chi connectivity index (χ0) is 16.0. The van der Waals surface area contributed by atoms with Crippen LogP contribution in [0.25, 0.3) is 11.5 Å². The van der Waals surface area contributed by atoms with Gasteiger partial charge >= 0.3 is 0 Å². The second-order valence-electron chi connectivity index (χ2n) is 8.13. The summed E-state index contributed by atoms with van der Waals surface area (Å²) in [6.07, 6.45) is 13.8. The monoisotopic (exact) mass is 341 g/mol. The van der Waals surface area contributed by atoms with E-state index in [0.717, 1.165) is 29.1 Å². The lowest BCUT2D eigenvalue weighted by molar-refractivity contribution is -0.0538. The molecule has 126 valence electrons. The van der Waals surface area contributed by atoms with E-state index >= 15 is 0 Å². The molecule has 4 aliphatic carbocycles. The molecule has 4 fully saturated rings. The SMILES string of the molecule is c1cc(-c2nnc(SCCC34CC5CC(CC(C5)C3)C4)o2)ccn1. The highest BCUT2D eigenvalue weighted by atomic mass is 32.2. The first-order valence-corrected chi connectivity index (χ1v) is 10.1. The summed E-state index contributed by atoms with van der Waals surface area (Å²) >= 11 is 1.73. The number of hydrogen-bond donors (Lipinski definition) is 0. The largest absolute Gasteiger partial charge is 0.411 e. The van der Waals surface area contributed by atoms with Crippen LogP contribution in [0.2, 0.25) is 0 Å². The van der Waals surface area contributed by atoms with Crippen LogP contribution in [0.3, 0.4) is 0 Å². The van der Waals surface area contributed by atoms with Gasteiger partial charge in [0, 0.05) is 23.7 Å². The fourth-order valence-corrected chi connectivity index (χ4v) is 6.78. The van der Waals surface area contributed by atoms with E-state index in [9.17, 15) is 0 Å². The lowest BCUT2D eigenvalue weighted by Gasteiger charge is -2.57. The molecule has 0 atom stereocenters. The van der Waals surface area contributed by atoms with Crippen LogP contribution in [-0.4, -0.2) is 20.9 Å². The fraction of sp³-hybridized carbons (Fsp3) is 0.632. The molecule has 0 spiro atoms. The summed E-state index contributed by atoms with van der Waals surface area (Å²) in [5, 5.41) is 9.07. The highest BCUT2D eigenvalue weighted by molar-refractivity contribution is 7.99. The van der Waals surface area contributed by atoms with Crippen molar-refractivity contribution >= 4 is 11.8 Å². The van der Waals surface area contributed by atoms with Gasteiger partial charge in [-0.2, -0.15) is 0 Å². The van der Waals surface area contributed by atoms with Crippen molar-refractivity contribution in [1.29, 1.82) is 0 Å². The Hall–Kier alpha value is -1.36. The fourth-order valence-electron chi connectivity index (χ4n) is 5.83. The number of nitrogens with zero attached hydrogens (tertiary/aromatic N) is 3. The van der Waals surface area contributed by atoms with Gasteiger partial charge in [0.2, 0.25) is 5.89 Å². The molecule has 2 heterocycles. The minimum Gasteiger partial charge on any atom is -0.411 e. The topological polar surface area (TPSA) is 51.8 Å². The molecule has 2 aromatic rings. The van der Waals surface area contributed by atoms with Crippen LogP contribution in [0.15, 0.2) is 34.2 Å². The maximum Gasteiger partial charge on any atom is 0.276 e. The highest BCUT2D eigenvalue weighted by Gasteiger charge is 2.50. The van der Waals surface area contributed by atoms with Gasteiger partial charge in [-0.3, -0.25) is 4.98 Å². The van der Waals surface area contributed by atoms with E-state index in [-0.39, 0.29) is 0 Å². The molecule has 4 saturated carbocycles. The van der Waals surface area contributed by atoms with E-state index in [0.29, 0.717) is 16.5 Å². The first kappa shape index (κ1) is 14.9. The van der Waals surface area contributed by atoms with Crippen LogP contribution >= 0.6 is 11.8 Å². The Morgan fingerprint density at radius 1 is 1.00 bits per heavy atom. The summed E-state index contributed by atoms with van der Waals surface area (Å²) < 4.78 is 5.80. The molecule has 24 heavy (non-hydrogen) atoms. The summed E-state index contributed by atoms with van der Waals surface area (Å²) in [7, 11) is 0. The summed E-state index contributed by atoms with van der Waals surface area (Å²) in [5.41, 5.74) is 1.57. The van der Waals surface area contributed by atoms with Crippen molar-refractivity contribution in [1.82, 2.24) is 15.2 Å². The molecule has 6 rings (SSSR count). The van der Waals surface area contributed by atoms with Gasteiger partial charge in [-0.05, 0) is 80.2 Å². The lowest BCUT2D eigenvalue weighted by atomic mass is 9.49. The molecule has 0 amide bonds. The average Bonchev–Trinajstić information content (AvgIpc) is 3.03. The Balaban J connectivity index is 1.21. The Labute approximate surface area is 146 Å². The van der Waals surface area contributed by atoms with E-state index in [2.05, 4.69) is 15.2 Å². The maximum atomic E-state index is 5.80. The molecule has 0 radical (unpaired) electrons. The van der Waals surface area contributed by atoms with Crippen molar-refractivity contribution in [2.45, 2.75) is 50.2 Å². The molecule has 4 bridgehead atoms. The lowest BCUT2D eigenvalue weighted by Crippen LogP contribution is -2.46. The van der Waals surface area contributed by atoms with Crippen molar-refractivity contribution in [2.75, 3.05) is 5.75 Å². The molecule has 4 nitrogen and oxygen atoms in total. The van der Waals surface area contributed by atoms with Crippen LogP contribution < -0.4 is 0 Å². The molecule has 0 saturated heterocycles. The van der Waals surface area contributed by atoms with Gasteiger partial charge in [-0.1, -0.05) is 11.8 Å². The molecule has 0 N–H and O–H groups in total. The van der Waals surface area contributed by atoms with Crippen molar-refractivity contribution in [2.24, 2.45) is 23.2 Å². The predicted molar refractivity (Wildman–Crippen MR) is 93.5 cm³/mol. The van der Waals surface area contributed by atoms with E-state index < -0.39 is 0 Å². The van der Waals surface area contributed by atoms with Crippen molar-refractivity contribution < 1.29 is 4.42 Å². The van der Waals surface area contributed by atoms with E-state index in [1.54, 1.807) is 24.2 Å². The Morgan fingerprint density at radius 2 is 1.67 bits per heavy atom. The van der Waals surface area contributed by atoms with Gasteiger partial charge in [-0.25, -0.2) is 0 Å². The molecular formula is C19H23N3OS. The number of aromatic nitrogens is 3. The first-order valence-electron chi connectivity index (χ1n) is 9.15. The summed E-state index contributed by atoms with van der Waals surface area (Å²) in [6.45, 7) is 0. The summed E-state index contributed by atoms with van der Waals surface area (Å²) in [6, 6.07) is 3.80. The van der Waals surface area contributed by atoms with Gasteiger partial charge in [0.05, 0.1) is 0 Å². The molecule has 5 heteroatoms. The van der Waals surface area contributed by atoms with Crippen LogP contribution in [0.5, 0.6) is 0 Å². The zero-order valence-corrected chi connectivity index (χ0v) is 14.7. The molecule has 0 aliphatic heterocycles. The predicted octanol–water partition coefficient (Wildman–Crippen LogP) is 4.83. The van der Waals surface area contributed by atoms with E-state index in [1.807, 2.05) is 12.1 Å². The third-order valence-electron chi connectivity index (χ3n) is 6.36. The van der Waals surface area contributed by atoms with Crippen molar-refractivity contribution in [3.63, 3.8) is 0 Å². The van der Waals surface area contributed by atoms with Gasteiger partial charge in [0.15, 0.2) is 0 Å². The third-order valence-corrected chi connectivity index (χ3v) is 7.18. The quantitative estimate of drug-likeness (QED) is 0.729. The zero-order valence-electron chi connectivity index (χ0n) is 13.9. The number of thioether (sulfide) groups is 1. The molecule has 2 aromatic heterocycles. The minimum absolute atomic E-state index is 0.592. The molecule has 0 aromatic carbocycles. The third kappa shape index (κ3) is 2.77. The molecule has 4 aliphatic rings. The van der Waals surface area contributed by atoms with Crippen molar-refractivity contribution in [3.05, 3.63) is 24.5 Å². The van der Waals surface area contributed by atoms with E-state index in [1.165, 1.54) is 44.9 Å². The Bertz CT molecular complexity index is 679. The molecule has 0 unspecified atom stereocenters. The van der Waals surface area contributed by atoms with Gasteiger partial charge in [0.25, 0.3) is 5.22 Å². The minimum atomic E-state index is 0.592. The van der Waals surface area contributed by atoms with Gasteiger partial charge in [0.1, 0.15) is 0 Å². The smallest absolute Gasteiger partial charge is 0.276 e. The van der Waals surface area contributed by atoms with Gasteiger partial charge in [-0.15, -0.1) is 10.2 Å². The van der Waals surface area contributed by atoms with Crippen molar-refractivity contribution in [3.8, 4) is 11.5 Å². The maximum absolute atomic E-state index is 5.80. The van der Waals surface area contributed by atoms with Crippen LogP contribution in [0.1, 0.15) is 44.9 Å². The summed E-state index contributed by atoms with van der Waals surface area (Å²) in [4.78, 5) is 4.02. The van der Waals surface area contributed by atoms with Crippen LogP contribution in [-0.2, 0) is 0 Å². The molecular weight excluding hydrogens is 318 g/mol. The standard InChI is InChI=1S/C19H23N3OS/c1-4-20-5-2-16(1)17-21-22-18(23-17)24-6-3-19-10-13-7-14(11-19)9-15(8-13)12-19/h1-2,4-5,13-15H,3,6-12H2. The number of hydrogen-bond acceptors (Lipinski definition) is 5. The summed E-state index contributed by atoms with van der Waals surface area (Å²) in [5.74, 6) is 4.79. The Kier molecular flexibility index (Phi) is 3.65. The van der Waals surface area contributed by atoms with E-state index in [4.69, 9.17) is 4.42 Å². The van der Waals surface area contributed by atoms with Crippen LogP contribution in [0, 0.1) is 23.2 Å². The number of pyridine rings is 1.